The lowest BCUT2D eigenvalue weighted by Crippen LogP contribution is -2.60. The minimum atomic E-state index is -4.61. The average Bonchev–Trinajstić information content (AvgIpc) is 3.18. The van der Waals surface area contributed by atoms with Crippen molar-refractivity contribution in [1.82, 2.24) is 0 Å². The van der Waals surface area contributed by atoms with Gasteiger partial charge in [-0.1, -0.05) is 127 Å². The Hall–Kier alpha value is -2.39. The van der Waals surface area contributed by atoms with Crippen LogP contribution in [-0.2, 0) is 38.7 Å². The van der Waals surface area contributed by atoms with Gasteiger partial charge < -0.3 is 34.3 Å². The summed E-state index contributed by atoms with van der Waals surface area (Å²) in [6.45, 7) is 3.68. The van der Waals surface area contributed by atoms with Crippen LogP contribution >= 0.6 is 0 Å². The van der Waals surface area contributed by atoms with Crippen molar-refractivity contribution in [3.63, 3.8) is 0 Å². The predicted molar refractivity (Wildman–Crippen MR) is 229 cm³/mol. The molecule has 1 heterocycles. The number of allylic oxidation sites excluding steroid dienone is 8. The highest BCUT2D eigenvalue weighted by atomic mass is 32.2. The Bertz CT molecular complexity index is 1260. The van der Waals surface area contributed by atoms with Gasteiger partial charge in [0.25, 0.3) is 10.1 Å². The Morgan fingerprint density at radius 2 is 1.03 bits per heavy atom. The molecule has 336 valence electrons. The van der Waals surface area contributed by atoms with E-state index >= 15 is 0 Å². The second-order valence-electron chi connectivity index (χ2n) is 15.4. The van der Waals surface area contributed by atoms with Gasteiger partial charge in [0, 0.05) is 12.8 Å². The van der Waals surface area contributed by atoms with Crippen molar-refractivity contribution in [3.05, 3.63) is 48.6 Å². The van der Waals surface area contributed by atoms with E-state index < -0.39 is 71.2 Å². The molecule has 1 aliphatic rings. The summed E-state index contributed by atoms with van der Waals surface area (Å²) in [7, 11) is -4.61. The number of ether oxygens (including phenoxy) is 4. The lowest BCUT2D eigenvalue weighted by Gasteiger charge is -2.40. The number of esters is 2. The van der Waals surface area contributed by atoms with Crippen molar-refractivity contribution in [3.8, 4) is 0 Å². The van der Waals surface area contributed by atoms with Gasteiger partial charge in [0.2, 0.25) is 0 Å². The molecule has 1 fully saturated rings. The van der Waals surface area contributed by atoms with E-state index in [4.69, 9.17) is 18.9 Å². The highest BCUT2D eigenvalue weighted by molar-refractivity contribution is 7.85. The number of carbonyl (C=O) groups is 2. The molecular formula is C45H78O12S. The summed E-state index contributed by atoms with van der Waals surface area (Å²) < 4.78 is 54.0. The van der Waals surface area contributed by atoms with Crippen LogP contribution in [0.1, 0.15) is 168 Å². The minimum Gasteiger partial charge on any atom is -0.462 e. The van der Waals surface area contributed by atoms with Gasteiger partial charge in [-0.05, 0) is 77.0 Å². The van der Waals surface area contributed by atoms with Gasteiger partial charge >= 0.3 is 11.9 Å². The summed E-state index contributed by atoms with van der Waals surface area (Å²) in [6, 6.07) is 0. The van der Waals surface area contributed by atoms with E-state index in [0.29, 0.717) is 12.8 Å². The van der Waals surface area contributed by atoms with Crippen LogP contribution in [0.25, 0.3) is 0 Å². The molecule has 0 aromatic rings. The Morgan fingerprint density at radius 3 is 1.60 bits per heavy atom. The molecule has 4 N–H and O–H groups in total. The van der Waals surface area contributed by atoms with E-state index in [1.807, 2.05) is 0 Å². The number of rotatable bonds is 36. The number of hydrogen-bond donors (Lipinski definition) is 4. The van der Waals surface area contributed by atoms with Crippen molar-refractivity contribution in [2.45, 2.75) is 205 Å². The summed E-state index contributed by atoms with van der Waals surface area (Å²) in [5.41, 5.74) is 0. The van der Waals surface area contributed by atoms with Crippen LogP contribution in [-0.4, -0.2) is 96.0 Å². The van der Waals surface area contributed by atoms with Gasteiger partial charge in [-0.25, -0.2) is 0 Å². The van der Waals surface area contributed by atoms with Gasteiger partial charge in [0.1, 0.15) is 36.8 Å². The lowest BCUT2D eigenvalue weighted by molar-refractivity contribution is -0.297. The number of aliphatic hydroxyl groups excluding tert-OH is 3. The maximum atomic E-state index is 12.8. The first-order valence-electron chi connectivity index (χ1n) is 22.2. The molecule has 1 saturated heterocycles. The van der Waals surface area contributed by atoms with E-state index in [2.05, 4.69) is 62.5 Å². The van der Waals surface area contributed by atoms with Crippen LogP contribution in [0.15, 0.2) is 48.6 Å². The summed E-state index contributed by atoms with van der Waals surface area (Å²) in [4.78, 5) is 25.4. The largest absolute Gasteiger partial charge is 0.462 e. The molecule has 0 saturated carbocycles. The Kier molecular flexibility index (Phi) is 32.7. The zero-order valence-corrected chi connectivity index (χ0v) is 36.5. The highest BCUT2D eigenvalue weighted by Gasteiger charge is 2.46. The third kappa shape index (κ3) is 29.8. The fraction of sp³-hybridized carbons (Fsp3) is 0.778. The van der Waals surface area contributed by atoms with Crippen molar-refractivity contribution in [1.29, 1.82) is 0 Å². The second-order valence-corrected chi connectivity index (χ2v) is 16.9. The second kappa shape index (κ2) is 35.4. The van der Waals surface area contributed by atoms with E-state index in [1.54, 1.807) is 0 Å². The standard InChI is InChI=1S/C45H78O12S/c1-3-5-7-9-11-13-15-17-18-19-20-22-24-26-28-30-32-34-41(47)56-38(36-55-45-44(50)43(49)42(48)39(57-45)37-58(51,52)53)35-54-40(46)33-31-29-27-25-23-21-16-14-12-10-8-6-4-2/h11,13,17-18,20-23,38-39,42-45,48-50H,3-10,12,14-16,19,24-37H2,1-2H3,(H,51,52,53)/b13-11+,18-17+,22-20+,23-21+/t38-,39-,42-,43?,44?,45+/m1/s1. The van der Waals surface area contributed by atoms with Crippen LogP contribution in [0.4, 0.5) is 0 Å². The summed E-state index contributed by atoms with van der Waals surface area (Å²) >= 11 is 0. The molecule has 13 heteroatoms. The van der Waals surface area contributed by atoms with E-state index in [-0.39, 0.29) is 19.4 Å². The average molecular weight is 843 g/mol. The molecule has 0 aliphatic carbocycles. The SMILES string of the molecule is CCCCC/C=C/C/C=C/C/C=C/CCCCCCC(=O)O[C@H](COC(=O)CCCCC/C=C/CCCCCCCC)CO[C@H]1O[C@H](CS(=O)(=O)O)[C@@H](O)C(O)C1O. The quantitative estimate of drug-likeness (QED) is 0.0204. The molecule has 0 radical (unpaired) electrons. The molecule has 0 amide bonds. The first kappa shape index (κ1) is 53.6. The lowest BCUT2D eigenvalue weighted by atomic mass is 10.00. The molecular weight excluding hydrogens is 765 g/mol. The molecule has 6 atom stereocenters. The third-order valence-corrected chi connectivity index (χ3v) is 10.6. The zero-order valence-electron chi connectivity index (χ0n) is 35.6. The first-order valence-corrected chi connectivity index (χ1v) is 23.8. The number of aliphatic hydroxyl groups is 3. The molecule has 0 aromatic heterocycles. The summed E-state index contributed by atoms with van der Waals surface area (Å²) in [5.74, 6) is -2.04. The third-order valence-electron chi connectivity index (χ3n) is 9.88. The van der Waals surface area contributed by atoms with Gasteiger partial charge in [-0.3, -0.25) is 14.1 Å². The fourth-order valence-electron chi connectivity index (χ4n) is 6.38. The van der Waals surface area contributed by atoms with Crippen molar-refractivity contribution < 1.29 is 56.8 Å². The molecule has 1 aliphatic heterocycles. The van der Waals surface area contributed by atoms with Crippen LogP contribution in [0.3, 0.4) is 0 Å². The molecule has 2 unspecified atom stereocenters. The van der Waals surface area contributed by atoms with Gasteiger partial charge in [0.15, 0.2) is 12.4 Å². The van der Waals surface area contributed by atoms with Gasteiger partial charge in [0.05, 0.1) is 6.61 Å². The Morgan fingerprint density at radius 1 is 0.586 bits per heavy atom. The zero-order chi connectivity index (χ0) is 42.7. The molecule has 0 bridgehead atoms. The van der Waals surface area contributed by atoms with E-state index in [9.17, 15) is 37.9 Å². The maximum Gasteiger partial charge on any atom is 0.306 e. The Balaban J connectivity index is 2.50. The molecule has 0 spiro atoms. The van der Waals surface area contributed by atoms with Crippen molar-refractivity contribution >= 4 is 22.1 Å². The topological polar surface area (TPSA) is 186 Å². The minimum absolute atomic E-state index is 0.134. The number of unbranched alkanes of at least 4 members (excludes halogenated alkanes) is 16. The van der Waals surface area contributed by atoms with E-state index in [1.165, 1.54) is 57.8 Å². The first-order chi connectivity index (χ1) is 28.0. The van der Waals surface area contributed by atoms with Gasteiger partial charge in [-0.2, -0.15) is 8.42 Å². The van der Waals surface area contributed by atoms with Gasteiger partial charge in [-0.15, -0.1) is 0 Å². The monoisotopic (exact) mass is 843 g/mol. The highest BCUT2D eigenvalue weighted by Crippen LogP contribution is 2.24. The normalized spacial score (nSPS) is 20.8. The predicted octanol–water partition coefficient (Wildman–Crippen LogP) is 8.78. The van der Waals surface area contributed by atoms with Crippen LogP contribution in [0.5, 0.6) is 0 Å². The molecule has 12 nitrogen and oxygen atoms in total. The smallest absolute Gasteiger partial charge is 0.306 e. The van der Waals surface area contributed by atoms with Crippen LogP contribution in [0, 0.1) is 0 Å². The molecule has 58 heavy (non-hydrogen) atoms. The van der Waals surface area contributed by atoms with Crippen LogP contribution < -0.4 is 0 Å². The summed E-state index contributed by atoms with van der Waals surface area (Å²) in [5, 5.41) is 30.8. The van der Waals surface area contributed by atoms with E-state index in [0.717, 1.165) is 70.6 Å². The fourth-order valence-corrected chi connectivity index (χ4v) is 7.07. The number of hydrogen-bond acceptors (Lipinski definition) is 11. The molecule has 0 aromatic carbocycles. The molecule has 1 rings (SSSR count). The van der Waals surface area contributed by atoms with Crippen molar-refractivity contribution in [2.24, 2.45) is 0 Å². The number of carbonyl (C=O) groups excluding carboxylic acids is 2. The Labute approximate surface area is 350 Å². The van der Waals surface area contributed by atoms with Crippen LogP contribution in [0.2, 0.25) is 0 Å². The van der Waals surface area contributed by atoms with Crippen molar-refractivity contribution in [2.75, 3.05) is 19.0 Å². The summed E-state index contributed by atoms with van der Waals surface area (Å²) in [6.07, 6.45) is 31.6. The maximum absolute atomic E-state index is 12.8.